The van der Waals surface area contributed by atoms with Crippen molar-refractivity contribution in [1.29, 1.82) is 0 Å². The molecule has 15 atom stereocenters. The predicted octanol–water partition coefficient (Wildman–Crippen LogP) is 7.66. The number of hydrogen-bond acceptors (Lipinski definition) is 28. The highest BCUT2D eigenvalue weighted by molar-refractivity contribution is 5.69. The van der Waals surface area contributed by atoms with Crippen LogP contribution in [-0.4, -0.2) is 229 Å². The first-order chi connectivity index (χ1) is 66.0. The summed E-state index contributed by atoms with van der Waals surface area (Å²) in [6.07, 6.45) is 4.69. The molecule has 0 saturated carbocycles. The number of nitrogens with zero attached hydrogens (tertiary/aromatic N) is 16. The number of esters is 1. The molecule has 5 saturated heterocycles. The molecule has 0 amide bonds. The minimum absolute atomic E-state index is 0.0159. The van der Waals surface area contributed by atoms with Gasteiger partial charge in [-0.2, -0.15) is 30.7 Å². The van der Waals surface area contributed by atoms with E-state index in [1.807, 2.05) is 12.4 Å². The summed E-state index contributed by atoms with van der Waals surface area (Å²) in [4.78, 5) is 33.1. The van der Waals surface area contributed by atoms with Gasteiger partial charge in [-0.15, -0.1) is 10.2 Å². The summed E-state index contributed by atoms with van der Waals surface area (Å²) in [7, 11) is 1.33. The molecule has 47 heteroatoms. The van der Waals surface area contributed by atoms with Gasteiger partial charge in [-0.05, 0) is 118 Å². The van der Waals surface area contributed by atoms with Crippen molar-refractivity contribution in [3.8, 4) is 11.5 Å². The van der Waals surface area contributed by atoms with Crippen molar-refractivity contribution in [3.63, 3.8) is 0 Å². The van der Waals surface area contributed by atoms with Gasteiger partial charge in [0, 0.05) is 212 Å². The van der Waals surface area contributed by atoms with E-state index in [0.29, 0.717) is 160 Å². The van der Waals surface area contributed by atoms with Crippen LogP contribution in [0.2, 0.25) is 0 Å². The Hall–Kier alpha value is -11.4. The van der Waals surface area contributed by atoms with Crippen molar-refractivity contribution in [3.05, 3.63) is 257 Å². The summed E-state index contributed by atoms with van der Waals surface area (Å²) in [5, 5.41) is 69.8. The lowest BCUT2D eigenvalue weighted by atomic mass is 9.93. The molecule has 0 spiro atoms. The van der Waals surface area contributed by atoms with Crippen LogP contribution in [0.15, 0.2) is 97.5 Å². The van der Waals surface area contributed by atoms with Gasteiger partial charge in [0.1, 0.15) is 101 Å². The second-order valence-electron chi connectivity index (χ2n) is 36.6. The number of benzene rings is 5. The van der Waals surface area contributed by atoms with E-state index in [4.69, 9.17) is 62.6 Å². The van der Waals surface area contributed by atoms with Gasteiger partial charge < -0.3 is 72.4 Å². The molecular formula is C91H104F12N24O11. The van der Waals surface area contributed by atoms with Gasteiger partial charge in [-0.25, -0.2) is 52.7 Å². The molecule has 0 bridgehead atoms. The second kappa shape index (κ2) is 41.6. The standard InChI is InChI=1S/C19H21F3N4O3.C19H24F2N4O2.C18H21F3N4O2.C18H20F2N4O3.C17H18F2N8O/c1-28-18(27)8-26-6-10-5-25(7-17(10)24-26)11-2-16(23)19(29-9-11)12-3-14(21)15(22)4-13(12)20;1-19(2,26)18-13-7-25(8-16(13)23-24-18)11-6-15(22)17(27-9-11)12-5-10(20)3-4-14(12)21;19-13-5-15(21)14(20)4-12(13)18-16(22)3-11(9-27-18)24-6-10-7-25(1-2-26)23-17(10)8-24;19-11-1-2-14(20)13(3-11)18-15(21)4-12(9-27-18)23-5-10-6-24(8-17(25)26)22-16(10)7-23;18-8-1-2-12(19)10(3-8)16-13(20)4-9(7-28-16)27-5-11-14(6-27)21-22-15(11)17-23-25-26-24-17/h3-4,6,11,16,19H,2,5,7-9,23H2,1H3;3-5,11,15,17,26H,6-9,22H2,1-2H3,(H,23,24);4-5,7,11,16,18,26H,1-3,6,8-9,22H2;1-3,6,12,15,18H,4-5,7-9,21H2,(H,25,26);1-3,9,13,16H,4-7,20H2,(H,21,22)(H,23,24,25,26)/t11-,16+,19-;11-,15+,17-;11-,16+,18-;12-,15+,18-;9-,13+,16-/m11111/s1. The Labute approximate surface area is 781 Å². The largest absolute Gasteiger partial charge is 0.480 e. The number of tetrazole rings is 1. The average Bonchev–Trinajstić information content (AvgIpc) is 1.62. The number of carbonyl (C=O) groups is 2. The number of carboxylic acids is 1. The quantitative estimate of drug-likeness (QED) is 0.0223. The van der Waals surface area contributed by atoms with Crippen LogP contribution in [-0.2, 0) is 129 Å². The predicted molar refractivity (Wildman–Crippen MR) is 462 cm³/mol. The van der Waals surface area contributed by atoms with E-state index in [1.165, 1.54) is 11.8 Å². The van der Waals surface area contributed by atoms with E-state index < -0.39 is 142 Å². The Morgan fingerprint density at radius 3 is 1.14 bits per heavy atom. The fourth-order valence-corrected chi connectivity index (χ4v) is 19.8. The number of rotatable bonds is 18. The number of fused-ring (bicyclic) bond motifs is 5. The lowest BCUT2D eigenvalue weighted by molar-refractivity contribution is -0.141. The Morgan fingerprint density at radius 1 is 0.435 bits per heavy atom. The number of aromatic amines is 3. The van der Waals surface area contributed by atoms with E-state index in [9.17, 15) is 67.4 Å². The van der Waals surface area contributed by atoms with Crippen molar-refractivity contribution in [2.75, 3.05) is 46.8 Å². The summed E-state index contributed by atoms with van der Waals surface area (Å²) >= 11 is 0. The first-order valence-electron chi connectivity index (χ1n) is 44.9. The number of nitrogens with two attached hydrogens (primary N) is 5. The highest BCUT2D eigenvalue weighted by Gasteiger charge is 2.45. The maximum Gasteiger partial charge on any atom is 0.327 e. The summed E-state index contributed by atoms with van der Waals surface area (Å²) < 4.78 is 203. The summed E-state index contributed by atoms with van der Waals surface area (Å²) in [5.74, 6) is -10.4. The molecule has 6 aromatic heterocycles. The number of carboxylic acid groups (broad SMARTS) is 1. The van der Waals surface area contributed by atoms with Crippen molar-refractivity contribution in [2.24, 2.45) is 28.7 Å². The first-order valence-corrected chi connectivity index (χ1v) is 44.9. The summed E-state index contributed by atoms with van der Waals surface area (Å²) in [6, 6.07) is 10.4. The number of carbonyl (C=O) groups excluding carboxylic acids is 1. The topological polar surface area (TPSA) is 462 Å². The molecule has 138 heavy (non-hydrogen) atoms. The lowest BCUT2D eigenvalue weighted by Gasteiger charge is -2.38. The molecule has 0 unspecified atom stereocenters. The molecule has 35 nitrogen and oxygen atoms in total. The molecule has 11 aromatic rings. The lowest BCUT2D eigenvalue weighted by Crippen LogP contribution is -2.47. The number of methoxy groups -OCH3 is 1. The maximum atomic E-state index is 14.1. The van der Waals surface area contributed by atoms with Gasteiger partial charge in [0.2, 0.25) is 5.82 Å². The molecule has 5 fully saturated rings. The molecule has 738 valence electrons. The third-order valence-electron chi connectivity index (χ3n) is 26.7. The van der Waals surface area contributed by atoms with Gasteiger partial charge in [-0.3, -0.25) is 58.3 Å². The SMILES string of the molecule is CC(C)(O)c1n[nH]c2c1CN([C@H]1CO[C@H](c3cc(F)ccc3F)[C@@H](N)C1)C2.COC(=O)Cn1cc2c(n1)CN([C@H]1CO[C@H](c3cc(F)c(F)cc3F)[C@@H](N)C1)C2.N[C@H]1C[C@@H](N2Cc3[nH]nc(-c4nn[nH]n4)c3C2)CO[C@@H]1c1cc(F)ccc1F.N[C@H]1C[C@@H](N2Cc3cn(CC(=O)O)nc3C2)CO[C@@H]1c1cc(F)ccc1F.N[C@H]1C[C@@H](N2Cc3cn(CCO)nc3C2)CO[C@@H]1c1cc(F)c(F)cc1F. The number of aliphatic carboxylic acids is 1. The van der Waals surface area contributed by atoms with E-state index in [0.717, 1.165) is 123 Å². The van der Waals surface area contributed by atoms with Crippen molar-refractivity contribution < 1.29 is 106 Å². The van der Waals surface area contributed by atoms with Crippen molar-refractivity contribution in [2.45, 2.75) is 228 Å². The van der Waals surface area contributed by atoms with Gasteiger partial charge in [0.05, 0.1) is 87.5 Å². The molecule has 21 rings (SSSR count). The fourth-order valence-electron chi connectivity index (χ4n) is 19.8. The van der Waals surface area contributed by atoms with Crippen LogP contribution in [0, 0.1) is 69.8 Å². The highest BCUT2D eigenvalue weighted by Crippen LogP contribution is 2.43. The zero-order valence-corrected chi connectivity index (χ0v) is 75.1. The molecule has 16 N–H and O–H groups in total. The Balaban J connectivity index is 0.000000119. The van der Waals surface area contributed by atoms with Gasteiger partial charge in [0.15, 0.2) is 23.3 Å². The molecule has 10 aliphatic heterocycles. The van der Waals surface area contributed by atoms with E-state index in [1.54, 1.807) is 29.4 Å². The molecule has 10 aliphatic rings. The van der Waals surface area contributed by atoms with Gasteiger partial charge >= 0.3 is 11.9 Å². The van der Waals surface area contributed by atoms with Crippen LogP contribution in [0.4, 0.5) is 52.7 Å². The number of aliphatic hydroxyl groups excluding tert-OH is 1. The van der Waals surface area contributed by atoms with Crippen LogP contribution < -0.4 is 28.7 Å². The van der Waals surface area contributed by atoms with Crippen LogP contribution in [0.1, 0.15) is 166 Å². The highest BCUT2D eigenvalue weighted by atomic mass is 19.2. The van der Waals surface area contributed by atoms with Crippen molar-refractivity contribution in [1.82, 2.24) is 94.9 Å². The molecule has 5 aromatic carbocycles. The minimum atomic E-state index is -1.24. The number of halogens is 12. The number of ether oxygens (including phenoxy) is 6. The first kappa shape index (κ1) is 98.3. The van der Waals surface area contributed by atoms with Crippen molar-refractivity contribution >= 4 is 11.9 Å². The van der Waals surface area contributed by atoms with E-state index in [2.05, 4.69) is 85.6 Å². The van der Waals surface area contributed by atoms with E-state index >= 15 is 0 Å². The average molecular weight is 1940 g/mol. The number of aliphatic hydroxyl groups is 2. The fraction of sp³-hybridized carbons (Fsp3) is 0.473. The zero-order valence-electron chi connectivity index (χ0n) is 75.1. The third kappa shape index (κ3) is 21.7. The van der Waals surface area contributed by atoms with E-state index in [-0.39, 0.29) is 90.3 Å². The normalized spacial score (nSPS) is 25.4. The smallest absolute Gasteiger partial charge is 0.327 e. The third-order valence-corrected chi connectivity index (χ3v) is 26.7. The summed E-state index contributed by atoms with van der Waals surface area (Å²) in [5.41, 5.74) is 41.6. The molecule has 16 heterocycles. The Kier molecular flexibility index (Phi) is 29.6. The maximum absolute atomic E-state index is 14.1. The number of H-pyrrole nitrogens is 3. The molecular weight excluding hydrogens is 1830 g/mol. The molecule has 0 aliphatic carbocycles. The zero-order chi connectivity index (χ0) is 97.6. The van der Waals surface area contributed by atoms with Gasteiger partial charge in [0.25, 0.3) is 0 Å². The van der Waals surface area contributed by atoms with Crippen LogP contribution in [0.25, 0.3) is 11.5 Å². The number of nitrogens with one attached hydrogen (secondary N) is 3. The number of aromatic nitrogens is 14. The Morgan fingerprint density at radius 2 is 0.783 bits per heavy atom. The van der Waals surface area contributed by atoms with Crippen LogP contribution in [0.5, 0.6) is 0 Å². The van der Waals surface area contributed by atoms with Gasteiger partial charge in [-0.1, -0.05) is 0 Å². The van der Waals surface area contributed by atoms with Crippen LogP contribution in [0.3, 0.4) is 0 Å². The Bertz CT molecular complexity index is 6120. The molecule has 0 radical (unpaired) electrons. The second-order valence-corrected chi connectivity index (χ2v) is 36.6. The number of hydrogen-bond donors (Lipinski definition) is 11. The summed E-state index contributed by atoms with van der Waals surface area (Å²) in [6.45, 7) is 11.9. The van der Waals surface area contributed by atoms with Crippen LogP contribution >= 0.6 is 0 Å². The monoisotopic (exact) mass is 1940 g/mol. The minimum Gasteiger partial charge on any atom is -0.480 e.